The standard InChI is InChI=1S/C13H13F2N3O3/c1-2-20-12(19)8-5-16-18-6-10-9(17-11(8)18)3-4-13(14,15)7-21-10/h5-6H,2-4,7H2,1H3. The summed E-state index contributed by atoms with van der Waals surface area (Å²) in [6.45, 7) is 1.24. The van der Waals surface area contributed by atoms with E-state index in [0.717, 1.165) is 0 Å². The normalized spacial score (nSPS) is 16.9. The number of aromatic nitrogens is 3. The highest BCUT2D eigenvalue weighted by molar-refractivity contribution is 5.95. The maximum atomic E-state index is 13.4. The number of hydrogen-bond acceptors (Lipinski definition) is 5. The Kier molecular flexibility index (Phi) is 3.23. The molecule has 0 aliphatic carbocycles. The zero-order chi connectivity index (χ0) is 15.0. The lowest BCUT2D eigenvalue weighted by molar-refractivity contribution is -0.0423. The molecule has 112 valence electrons. The van der Waals surface area contributed by atoms with E-state index in [1.54, 1.807) is 6.92 Å². The van der Waals surface area contributed by atoms with Crippen molar-refractivity contribution in [3.8, 4) is 5.75 Å². The molecule has 0 N–H and O–H groups in total. The molecule has 3 heterocycles. The average molecular weight is 297 g/mol. The van der Waals surface area contributed by atoms with Gasteiger partial charge in [-0.15, -0.1) is 0 Å². The van der Waals surface area contributed by atoms with Crippen LogP contribution in [0.2, 0.25) is 0 Å². The summed E-state index contributed by atoms with van der Waals surface area (Å²) in [6, 6.07) is 0. The van der Waals surface area contributed by atoms with Crippen LogP contribution in [0.4, 0.5) is 8.78 Å². The Labute approximate surface area is 118 Å². The van der Waals surface area contributed by atoms with Crippen molar-refractivity contribution in [2.24, 2.45) is 0 Å². The van der Waals surface area contributed by atoms with E-state index in [1.165, 1.54) is 16.9 Å². The van der Waals surface area contributed by atoms with Crippen LogP contribution in [0.25, 0.3) is 5.65 Å². The predicted molar refractivity (Wildman–Crippen MR) is 67.7 cm³/mol. The Morgan fingerprint density at radius 3 is 3.14 bits per heavy atom. The molecule has 0 spiro atoms. The van der Waals surface area contributed by atoms with Crippen LogP contribution in [0.3, 0.4) is 0 Å². The zero-order valence-electron chi connectivity index (χ0n) is 11.3. The van der Waals surface area contributed by atoms with E-state index in [0.29, 0.717) is 5.69 Å². The Morgan fingerprint density at radius 2 is 2.38 bits per heavy atom. The third kappa shape index (κ3) is 2.53. The van der Waals surface area contributed by atoms with E-state index >= 15 is 0 Å². The van der Waals surface area contributed by atoms with Crippen LogP contribution < -0.4 is 4.74 Å². The van der Waals surface area contributed by atoms with Gasteiger partial charge < -0.3 is 9.47 Å². The molecule has 1 aliphatic heterocycles. The van der Waals surface area contributed by atoms with Gasteiger partial charge in [-0.25, -0.2) is 23.1 Å². The van der Waals surface area contributed by atoms with Crippen LogP contribution in [0.15, 0.2) is 12.4 Å². The van der Waals surface area contributed by atoms with Crippen molar-refractivity contribution in [1.29, 1.82) is 0 Å². The number of esters is 1. The van der Waals surface area contributed by atoms with Crippen molar-refractivity contribution in [1.82, 2.24) is 14.6 Å². The second-order valence-electron chi connectivity index (χ2n) is 4.74. The maximum Gasteiger partial charge on any atom is 0.343 e. The first-order valence-corrected chi connectivity index (χ1v) is 6.55. The summed E-state index contributed by atoms with van der Waals surface area (Å²) < 4.78 is 38.1. The lowest BCUT2D eigenvalue weighted by Gasteiger charge is -2.11. The van der Waals surface area contributed by atoms with Gasteiger partial charge in [0.05, 0.1) is 24.7 Å². The second-order valence-corrected chi connectivity index (χ2v) is 4.74. The summed E-state index contributed by atoms with van der Waals surface area (Å²) in [7, 11) is 0. The number of aryl methyl sites for hydroxylation is 1. The van der Waals surface area contributed by atoms with Crippen molar-refractivity contribution in [2.45, 2.75) is 25.7 Å². The Morgan fingerprint density at radius 1 is 1.57 bits per heavy atom. The van der Waals surface area contributed by atoms with Crippen LogP contribution in [-0.4, -0.2) is 39.7 Å². The summed E-state index contributed by atoms with van der Waals surface area (Å²) in [5, 5.41) is 3.98. The number of nitrogens with zero attached hydrogens (tertiary/aromatic N) is 3. The van der Waals surface area contributed by atoms with Gasteiger partial charge in [0, 0.05) is 6.42 Å². The summed E-state index contributed by atoms with van der Waals surface area (Å²) in [4.78, 5) is 16.0. The molecule has 0 aromatic carbocycles. The molecule has 0 saturated heterocycles. The number of hydrogen-bond donors (Lipinski definition) is 0. The number of rotatable bonds is 2. The first-order valence-electron chi connectivity index (χ1n) is 6.55. The van der Waals surface area contributed by atoms with Gasteiger partial charge in [-0.05, 0) is 13.3 Å². The molecule has 0 amide bonds. The maximum absolute atomic E-state index is 13.4. The van der Waals surface area contributed by atoms with Crippen LogP contribution in [-0.2, 0) is 11.2 Å². The Balaban J connectivity index is 2.03. The lowest BCUT2D eigenvalue weighted by Crippen LogP contribution is -2.24. The smallest absolute Gasteiger partial charge is 0.343 e. The number of alkyl halides is 2. The second kappa shape index (κ2) is 4.94. The molecule has 2 aromatic heterocycles. The topological polar surface area (TPSA) is 65.7 Å². The van der Waals surface area contributed by atoms with Crippen LogP contribution in [0, 0.1) is 0 Å². The number of halogens is 2. The van der Waals surface area contributed by atoms with E-state index in [1.807, 2.05) is 0 Å². The minimum absolute atomic E-state index is 0.0757. The van der Waals surface area contributed by atoms with Crippen molar-refractivity contribution >= 4 is 11.6 Å². The van der Waals surface area contributed by atoms with Gasteiger partial charge >= 0.3 is 5.97 Å². The van der Waals surface area contributed by atoms with Crippen molar-refractivity contribution in [2.75, 3.05) is 13.2 Å². The zero-order valence-corrected chi connectivity index (χ0v) is 11.3. The molecule has 0 radical (unpaired) electrons. The summed E-state index contributed by atoms with van der Waals surface area (Å²) in [6.07, 6.45) is 2.54. The highest BCUT2D eigenvalue weighted by atomic mass is 19.3. The number of ether oxygens (including phenoxy) is 2. The molecule has 8 heteroatoms. The highest BCUT2D eigenvalue weighted by Gasteiger charge is 2.34. The summed E-state index contributed by atoms with van der Waals surface area (Å²) >= 11 is 0. The quantitative estimate of drug-likeness (QED) is 0.792. The van der Waals surface area contributed by atoms with Gasteiger partial charge in [0.25, 0.3) is 5.92 Å². The predicted octanol–water partition coefficient (Wildman–Crippen LogP) is 1.87. The van der Waals surface area contributed by atoms with Crippen molar-refractivity contribution in [3.05, 3.63) is 23.7 Å². The Hall–Kier alpha value is -2.25. The van der Waals surface area contributed by atoms with E-state index in [-0.39, 0.29) is 36.4 Å². The van der Waals surface area contributed by atoms with E-state index < -0.39 is 18.5 Å². The molecule has 0 fully saturated rings. The fraction of sp³-hybridized carbons (Fsp3) is 0.462. The van der Waals surface area contributed by atoms with Gasteiger partial charge in [0.15, 0.2) is 18.0 Å². The minimum Gasteiger partial charge on any atom is -0.484 e. The van der Waals surface area contributed by atoms with Crippen LogP contribution in [0.5, 0.6) is 5.75 Å². The van der Waals surface area contributed by atoms with E-state index in [2.05, 4.69) is 10.1 Å². The number of fused-ring (bicyclic) bond motifs is 2. The van der Waals surface area contributed by atoms with Gasteiger partial charge in [0.2, 0.25) is 0 Å². The Bertz CT molecular complexity index is 699. The third-order valence-corrected chi connectivity index (χ3v) is 3.20. The van der Waals surface area contributed by atoms with E-state index in [9.17, 15) is 13.6 Å². The van der Waals surface area contributed by atoms with Gasteiger partial charge in [-0.3, -0.25) is 0 Å². The molecule has 0 atom stereocenters. The first-order chi connectivity index (χ1) is 10.00. The molecule has 0 unspecified atom stereocenters. The van der Waals surface area contributed by atoms with Gasteiger partial charge in [-0.1, -0.05) is 0 Å². The molecule has 6 nitrogen and oxygen atoms in total. The minimum atomic E-state index is -2.88. The van der Waals surface area contributed by atoms with Crippen LogP contribution >= 0.6 is 0 Å². The molecule has 2 aromatic rings. The van der Waals surface area contributed by atoms with Crippen LogP contribution in [0.1, 0.15) is 29.4 Å². The molecule has 0 saturated carbocycles. The number of carbonyl (C=O) groups is 1. The molecule has 3 rings (SSSR count). The molecular weight excluding hydrogens is 284 g/mol. The molecule has 0 bridgehead atoms. The SMILES string of the molecule is CCOC(=O)c1cnn2cc3c(nc12)CCC(F)(F)CO3. The monoisotopic (exact) mass is 297 g/mol. The van der Waals surface area contributed by atoms with E-state index in [4.69, 9.17) is 9.47 Å². The fourth-order valence-corrected chi connectivity index (χ4v) is 2.14. The number of carbonyl (C=O) groups excluding carboxylic acids is 1. The van der Waals surface area contributed by atoms with Gasteiger partial charge in [-0.2, -0.15) is 5.10 Å². The van der Waals surface area contributed by atoms with Gasteiger partial charge in [0.1, 0.15) is 5.56 Å². The lowest BCUT2D eigenvalue weighted by atomic mass is 10.1. The van der Waals surface area contributed by atoms with Crippen molar-refractivity contribution in [3.63, 3.8) is 0 Å². The molecule has 1 aliphatic rings. The fourth-order valence-electron chi connectivity index (χ4n) is 2.14. The summed E-state index contributed by atoms with van der Waals surface area (Å²) in [5.41, 5.74) is 0.877. The third-order valence-electron chi connectivity index (χ3n) is 3.20. The highest BCUT2D eigenvalue weighted by Crippen LogP contribution is 2.30. The molecule has 21 heavy (non-hydrogen) atoms. The average Bonchev–Trinajstić information content (AvgIpc) is 2.78. The largest absolute Gasteiger partial charge is 0.484 e. The molecular formula is C13H13F2N3O3. The first kappa shape index (κ1) is 13.7. The summed E-state index contributed by atoms with van der Waals surface area (Å²) in [5.74, 6) is -3.16. The van der Waals surface area contributed by atoms with Crippen molar-refractivity contribution < 1.29 is 23.0 Å².